The van der Waals surface area contributed by atoms with Crippen LogP contribution in [0.2, 0.25) is 0 Å². The average molecular weight is 433 g/mol. The van der Waals surface area contributed by atoms with Crippen LogP contribution in [0.3, 0.4) is 0 Å². The van der Waals surface area contributed by atoms with E-state index in [0.29, 0.717) is 25.3 Å². The normalized spacial score (nSPS) is 15.0. The fraction of sp³-hybridized carbons (Fsp3) is 0.385. The van der Waals surface area contributed by atoms with Gasteiger partial charge < -0.3 is 9.73 Å². The molecule has 1 aliphatic rings. The van der Waals surface area contributed by atoms with Gasteiger partial charge in [-0.25, -0.2) is 4.98 Å². The minimum absolute atomic E-state index is 0.0996. The quantitative estimate of drug-likeness (QED) is 0.530. The lowest BCUT2D eigenvalue weighted by molar-refractivity contribution is -0.121. The molecular weight excluding hydrogens is 400 g/mol. The van der Waals surface area contributed by atoms with Crippen LogP contribution in [-0.2, 0) is 17.8 Å². The monoisotopic (exact) mass is 432 g/mol. The van der Waals surface area contributed by atoms with Gasteiger partial charge in [0.25, 0.3) is 0 Å². The minimum Gasteiger partial charge on any atom is -0.441 e. The van der Waals surface area contributed by atoms with E-state index in [1.807, 2.05) is 30.3 Å². The number of hydrogen-bond acceptors (Lipinski definition) is 5. The van der Waals surface area contributed by atoms with E-state index in [9.17, 15) is 4.79 Å². The van der Waals surface area contributed by atoms with Crippen molar-refractivity contribution in [3.8, 4) is 11.3 Å². The van der Waals surface area contributed by atoms with Gasteiger partial charge >= 0.3 is 0 Å². The van der Waals surface area contributed by atoms with Gasteiger partial charge in [-0.1, -0.05) is 60.7 Å². The molecule has 1 amide bonds. The maximum absolute atomic E-state index is 12.2. The molecule has 0 atom stereocenters. The summed E-state index contributed by atoms with van der Waals surface area (Å²) in [4.78, 5) is 21.4. The predicted octanol–water partition coefficient (Wildman–Crippen LogP) is 3.60. The van der Waals surface area contributed by atoms with Gasteiger partial charge in [-0.15, -0.1) is 0 Å². The number of carbonyl (C=O) groups excluding carboxylic acids is 1. The molecule has 6 nitrogen and oxygen atoms in total. The third-order valence-electron chi connectivity index (χ3n) is 5.87. The lowest BCUT2D eigenvalue weighted by Gasteiger charge is -2.34. The van der Waals surface area contributed by atoms with E-state index in [0.717, 1.165) is 57.0 Å². The van der Waals surface area contributed by atoms with Gasteiger partial charge in [-0.05, 0) is 12.0 Å². The first-order valence-corrected chi connectivity index (χ1v) is 11.5. The number of piperazine rings is 1. The highest BCUT2D eigenvalue weighted by molar-refractivity contribution is 5.75. The Bertz CT molecular complexity index is 950. The molecule has 1 aromatic heterocycles. The lowest BCUT2D eigenvalue weighted by atomic mass is 10.2. The van der Waals surface area contributed by atoms with Crippen molar-refractivity contribution in [1.29, 1.82) is 0 Å². The molecule has 0 bridgehead atoms. The Labute approximate surface area is 190 Å². The molecule has 0 saturated carbocycles. The Kier molecular flexibility index (Phi) is 8.06. The summed E-state index contributed by atoms with van der Waals surface area (Å²) < 4.78 is 5.80. The van der Waals surface area contributed by atoms with E-state index in [-0.39, 0.29) is 5.91 Å². The highest BCUT2D eigenvalue weighted by atomic mass is 16.4. The van der Waals surface area contributed by atoms with Crippen molar-refractivity contribution in [2.24, 2.45) is 0 Å². The Morgan fingerprint density at radius 3 is 2.38 bits per heavy atom. The van der Waals surface area contributed by atoms with Crippen LogP contribution in [0, 0.1) is 0 Å². The molecule has 2 heterocycles. The standard InChI is InChI=1S/C26H32N4O2/c31-25(12-7-13-26-28-20-24(32-26)23-10-5-2-6-11-23)27-14-15-29-16-18-30(19-17-29)21-22-8-3-1-4-9-22/h1-6,8-11,20H,7,12-19,21H2,(H,27,31). The van der Waals surface area contributed by atoms with E-state index < -0.39 is 0 Å². The fourth-order valence-corrected chi connectivity index (χ4v) is 4.02. The van der Waals surface area contributed by atoms with Gasteiger partial charge in [0.2, 0.25) is 5.91 Å². The van der Waals surface area contributed by atoms with Crippen LogP contribution in [0.15, 0.2) is 71.3 Å². The smallest absolute Gasteiger partial charge is 0.220 e. The highest BCUT2D eigenvalue weighted by Gasteiger charge is 2.16. The number of oxazole rings is 1. The Balaban J connectivity index is 1.07. The van der Waals surface area contributed by atoms with Crippen molar-refractivity contribution in [3.63, 3.8) is 0 Å². The van der Waals surface area contributed by atoms with Gasteiger partial charge in [0.15, 0.2) is 11.7 Å². The summed E-state index contributed by atoms with van der Waals surface area (Å²) in [5, 5.41) is 3.05. The number of amides is 1. The van der Waals surface area contributed by atoms with Gasteiger partial charge in [0, 0.05) is 64.2 Å². The Morgan fingerprint density at radius 1 is 0.938 bits per heavy atom. The third kappa shape index (κ3) is 6.77. The van der Waals surface area contributed by atoms with Crippen LogP contribution in [0.5, 0.6) is 0 Å². The number of rotatable bonds is 10. The first-order chi connectivity index (χ1) is 15.8. The summed E-state index contributed by atoms with van der Waals surface area (Å²) in [5.74, 6) is 1.56. The zero-order chi connectivity index (χ0) is 22.0. The molecule has 1 N–H and O–H groups in total. The zero-order valence-corrected chi connectivity index (χ0v) is 18.6. The van der Waals surface area contributed by atoms with Crippen molar-refractivity contribution in [3.05, 3.63) is 78.3 Å². The van der Waals surface area contributed by atoms with E-state index >= 15 is 0 Å². The maximum atomic E-state index is 12.2. The molecule has 4 rings (SSSR count). The molecule has 3 aromatic rings. The number of nitrogens with one attached hydrogen (secondary N) is 1. The predicted molar refractivity (Wildman–Crippen MR) is 126 cm³/mol. The molecule has 0 radical (unpaired) electrons. The van der Waals surface area contributed by atoms with E-state index in [1.165, 1.54) is 5.56 Å². The average Bonchev–Trinajstić information content (AvgIpc) is 3.30. The molecule has 1 aliphatic heterocycles. The topological polar surface area (TPSA) is 61.6 Å². The number of benzene rings is 2. The first kappa shape index (κ1) is 22.2. The van der Waals surface area contributed by atoms with Crippen LogP contribution >= 0.6 is 0 Å². The number of aryl methyl sites for hydroxylation is 1. The second-order valence-electron chi connectivity index (χ2n) is 8.29. The molecule has 168 valence electrons. The van der Waals surface area contributed by atoms with Crippen molar-refractivity contribution in [2.45, 2.75) is 25.8 Å². The van der Waals surface area contributed by atoms with Crippen LogP contribution in [0.1, 0.15) is 24.3 Å². The first-order valence-electron chi connectivity index (χ1n) is 11.5. The Hall–Kier alpha value is -2.96. The van der Waals surface area contributed by atoms with Gasteiger partial charge in [-0.3, -0.25) is 14.6 Å². The van der Waals surface area contributed by atoms with Crippen molar-refractivity contribution >= 4 is 5.91 Å². The molecule has 0 unspecified atom stereocenters. The number of hydrogen-bond donors (Lipinski definition) is 1. The molecule has 1 fully saturated rings. The molecule has 32 heavy (non-hydrogen) atoms. The van der Waals surface area contributed by atoms with Crippen LogP contribution in [-0.4, -0.2) is 60.0 Å². The largest absolute Gasteiger partial charge is 0.441 e. The number of carbonyl (C=O) groups is 1. The van der Waals surface area contributed by atoms with Crippen molar-refractivity contribution < 1.29 is 9.21 Å². The summed E-state index contributed by atoms with van der Waals surface area (Å²) in [6.07, 6.45) is 3.65. The second kappa shape index (κ2) is 11.6. The molecule has 0 aliphatic carbocycles. The van der Waals surface area contributed by atoms with E-state index in [2.05, 4.69) is 50.4 Å². The maximum Gasteiger partial charge on any atom is 0.220 e. The molecule has 1 saturated heterocycles. The van der Waals surface area contributed by atoms with Gasteiger partial charge in [0.05, 0.1) is 6.20 Å². The molecule has 0 spiro atoms. The number of aromatic nitrogens is 1. The minimum atomic E-state index is 0.0996. The molecular formula is C26H32N4O2. The van der Waals surface area contributed by atoms with Crippen molar-refractivity contribution in [2.75, 3.05) is 39.3 Å². The highest BCUT2D eigenvalue weighted by Crippen LogP contribution is 2.20. The summed E-state index contributed by atoms with van der Waals surface area (Å²) in [6.45, 7) is 6.88. The van der Waals surface area contributed by atoms with Crippen LogP contribution in [0.4, 0.5) is 0 Å². The number of nitrogens with zero attached hydrogens (tertiary/aromatic N) is 3. The third-order valence-corrected chi connectivity index (χ3v) is 5.87. The summed E-state index contributed by atoms with van der Waals surface area (Å²) in [5.41, 5.74) is 2.39. The van der Waals surface area contributed by atoms with Gasteiger partial charge in [-0.2, -0.15) is 0 Å². The SMILES string of the molecule is O=C(CCCc1ncc(-c2ccccc2)o1)NCCN1CCN(Cc2ccccc2)CC1. The van der Waals surface area contributed by atoms with Gasteiger partial charge in [0.1, 0.15) is 0 Å². The van der Waals surface area contributed by atoms with Crippen LogP contribution in [0.25, 0.3) is 11.3 Å². The summed E-state index contributed by atoms with van der Waals surface area (Å²) in [6, 6.07) is 20.6. The summed E-state index contributed by atoms with van der Waals surface area (Å²) in [7, 11) is 0. The zero-order valence-electron chi connectivity index (χ0n) is 18.6. The van der Waals surface area contributed by atoms with E-state index in [4.69, 9.17) is 4.42 Å². The van der Waals surface area contributed by atoms with Crippen LogP contribution < -0.4 is 5.32 Å². The van der Waals surface area contributed by atoms with E-state index in [1.54, 1.807) is 6.20 Å². The Morgan fingerprint density at radius 2 is 1.62 bits per heavy atom. The molecule has 2 aromatic carbocycles. The van der Waals surface area contributed by atoms with Crippen molar-refractivity contribution in [1.82, 2.24) is 20.1 Å². The lowest BCUT2D eigenvalue weighted by Crippen LogP contribution is -2.48. The summed E-state index contributed by atoms with van der Waals surface area (Å²) >= 11 is 0. The fourth-order valence-electron chi connectivity index (χ4n) is 4.02. The molecule has 6 heteroatoms. The second-order valence-corrected chi connectivity index (χ2v) is 8.29.